The number of carbonyl (C=O) groups excluding carboxylic acids is 1. The highest BCUT2D eigenvalue weighted by Crippen LogP contribution is 2.39. The maximum atomic E-state index is 12.4. The Morgan fingerprint density at radius 2 is 2.10 bits per heavy atom. The van der Waals surface area contributed by atoms with Gasteiger partial charge in [0.05, 0.1) is 28.2 Å². The van der Waals surface area contributed by atoms with Crippen LogP contribution in [0.15, 0.2) is 18.5 Å². The Kier molecular flexibility index (Phi) is 5.52. The third kappa shape index (κ3) is 3.72. The number of halogens is 2. The minimum atomic E-state index is -0.0611. The van der Waals surface area contributed by atoms with E-state index in [0.717, 1.165) is 35.1 Å². The van der Waals surface area contributed by atoms with Crippen LogP contribution in [0.4, 0.5) is 11.5 Å². The van der Waals surface area contributed by atoms with Gasteiger partial charge in [-0.05, 0) is 37.8 Å². The van der Waals surface area contributed by atoms with Crippen LogP contribution >= 0.6 is 23.2 Å². The minimum absolute atomic E-state index is 0.0611. The smallest absolute Gasteiger partial charge is 0.223 e. The molecule has 9 heteroatoms. The molecule has 3 aromatic rings. The second kappa shape index (κ2) is 8.08. The van der Waals surface area contributed by atoms with Gasteiger partial charge in [-0.25, -0.2) is 9.97 Å². The number of nitrogens with zero attached hydrogens (tertiary/aromatic N) is 2. The maximum absolute atomic E-state index is 12.4. The standard InChI is InChI=1S/C20H21Cl2N5O2/c1-3-23-20(28)10-4-5-14-11(6-10)17-18(26-14)24-9-25-19(17)27-15-7-12(21)13(22)8-16(15)29-2/h7-10H,3-6H2,1-2H3,(H,23,28)(H2,24,25,26,27). The normalized spacial score (nSPS) is 15.8. The van der Waals surface area contributed by atoms with Crippen LogP contribution in [0, 0.1) is 5.92 Å². The number of aromatic nitrogens is 3. The molecule has 1 aliphatic rings. The number of nitrogens with one attached hydrogen (secondary N) is 3. The third-order valence-corrected chi connectivity index (χ3v) is 5.92. The summed E-state index contributed by atoms with van der Waals surface area (Å²) in [6.07, 6.45) is 3.74. The fraction of sp³-hybridized carbons (Fsp3) is 0.350. The van der Waals surface area contributed by atoms with Gasteiger partial charge >= 0.3 is 0 Å². The van der Waals surface area contributed by atoms with Gasteiger partial charge in [0.25, 0.3) is 0 Å². The van der Waals surface area contributed by atoms with Crippen molar-refractivity contribution in [2.75, 3.05) is 19.0 Å². The summed E-state index contributed by atoms with van der Waals surface area (Å²) in [6.45, 7) is 2.56. The molecule has 2 heterocycles. The summed E-state index contributed by atoms with van der Waals surface area (Å²) >= 11 is 12.3. The molecule has 0 aliphatic heterocycles. The molecule has 1 aromatic carbocycles. The molecule has 7 nitrogen and oxygen atoms in total. The van der Waals surface area contributed by atoms with E-state index >= 15 is 0 Å². The number of rotatable bonds is 5. The lowest BCUT2D eigenvalue weighted by atomic mass is 9.86. The lowest BCUT2D eigenvalue weighted by Gasteiger charge is -2.22. The van der Waals surface area contributed by atoms with Crippen LogP contribution in [0.25, 0.3) is 11.0 Å². The van der Waals surface area contributed by atoms with Gasteiger partial charge in [-0.3, -0.25) is 4.79 Å². The highest BCUT2D eigenvalue weighted by molar-refractivity contribution is 6.42. The summed E-state index contributed by atoms with van der Waals surface area (Å²) in [7, 11) is 1.56. The second-order valence-electron chi connectivity index (χ2n) is 6.95. The molecule has 1 amide bonds. The first-order valence-corrected chi connectivity index (χ1v) is 10.2. The fourth-order valence-corrected chi connectivity index (χ4v) is 4.12. The van der Waals surface area contributed by atoms with E-state index in [1.54, 1.807) is 19.2 Å². The van der Waals surface area contributed by atoms with Gasteiger partial charge in [-0.15, -0.1) is 0 Å². The molecule has 152 valence electrons. The molecular formula is C20H21Cl2N5O2. The summed E-state index contributed by atoms with van der Waals surface area (Å²) in [5.74, 6) is 1.20. The first-order chi connectivity index (χ1) is 14.0. The number of anilines is 2. The van der Waals surface area contributed by atoms with E-state index in [4.69, 9.17) is 27.9 Å². The van der Waals surface area contributed by atoms with Crippen molar-refractivity contribution in [3.05, 3.63) is 39.8 Å². The van der Waals surface area contributed by atoms with Crippen molar-refractivity contribution in [1.82, 2.24) is 20.3 Å². The lowest BCUT2D eigenvalue weighted by molar-refractivity contribution is -0.125. The molecule has 1 atom stereocenters. The Morgan fingerprint density at radius 3 is 2.86 bits per heavy atom. The van der Waals surface area contributed by atoms with Crippen molar-refractivity contribution in [3.63, 3.8) is 0 Å². The summed E-state index contributed by atoms with van der Waals surface area (Å²) in [6, 6.07) is 3.36. The van der Waals surface area contributed by atoms with Crippen molar-refractivity contribution in [3.8, 4) is 5.75 Å². The highest BCUT2D eigenvalue weighted by Gasteiger charge is 2.29. The molecule has 0 saturated heterocycles. The van der Waals surface area contributed by atoms with E-state index < -0.39 is 0 Å². The van der Waals surface area contributed by atoms with Crippen molar-refractivity contribution in [2.24, 2.45) is 5.92 Å². The van der Waals surface area contributed by atoms with Crippen LogP contribution in [0.5, 0.6) is 5.75 Å². The SMILES string of the molecule is CCNC(=O)C1CCc2[nH]c3ncnc(Nc4cc(Cl)c(Cl)cc4OC)c3c2C1. The first-order valence-electron chi connectivity index (χ1n) is 9.44. The van der Waals surface area contributed by atoms with Gasteiger partial charge in [0.2, 0.25) is 5.91 Å². The Bertz CT molecular complexity index is 1080. The molecule has 0 saturated carbocycles. The Balaban J connectivity index is 1.75. The average Bonchev–Trinajstić information content (AvgIpc) is 3.09. The second-order valence-corrected chi connectivity index (χ2v) is 7.77. The largest absolute Gasteiger partial charge is 0.495 e. The number of aryl methyl sites for hydroxylation is 1. The Morgan fingerprint density at radius 1 is 1.31 bits per heavy atom. The highest BCUT2D eigenvalue weighted by atomic mass is 35.5. The van der Waals surface area contributed by atoms with Crippen LogP contribution in [-0.4, -0.2) is 34.5 Å². The van der Waals surface area contributed by atoms with E-state index in [1.807, 2.05) is 6.92 Å². The molecule has 1 unspecified atom stereocenters. The number of H-pyrrole nitrogens is 1. The summed E-state index contributed by atoms with van der Waals surface area (Å²) in [5, 5.41) is 7.93. The van der Waals surface area contributed by atoms with Crippen LogP contribution in [0.2, 0.25) is 10.0 Å². The topological polar surface area (TPSA) is 91.9 Å². The molecule has 0 radical (unpaired) electrons. The lowest BCUT2D eigenvalue weighted by Crippen LogP contribution is -2.33. The molecular weight excluding hydrogens is 413 g/mol. The number of ether oxygens (including phenoxy) is 1. The zero-order valence-electron chi connectivity index (χ0n) is 16.1. The first kappa shape index (κ1) is 19.8. The zero-order valence-corrected chi connectivity index (χ0v) is 17.6. The third-order valence-electron chi connectivity index (χ3n) is 5.19. The zero-order chi connectivity index (χ0) is 20.5. The predicted octanol–water partition coefficient (Wildman–Crippen LogP) is 4.26. The quantitative estimate of drug-likeness (QED) is 0.558. The molecule has 29 heavy (non-hydrogen) atoms. The van der Waals surface area contributed by atoms with E-state index in [1.165, 1.54) is 6.33 Å². The summed E-state index contributed by atoms with van der Waals surface area (Å²) < 4.78 is 5.43. The number of hydrogen-bond acceptors (Lipinski definition) is 5. The molecule has 0 spiro atoms. The van der Waals surface area contributed by atoms with E-state index in [-0.39, 0.29) is 11.8 Å². The van der Waals surface area contributed by atoms with Gasteiger partial charge in [-0.1, -0.05) is 23.2 Å². The minimum Gasteiger partial charge on any atom is -0.495 e. The number of aromatic amines is 1. The molecule has 1 aliphatic carbocycles. The number of fused-ring (bicyclic) bond motifs is 3. The van der Waals surface area contributed by atoms with Crippen LogP contribution in [0.3, 0.4) is 0 Å². The molecule has 2 aromatic heterocycles. The molecule has 3 N–H and O–H groups in total. The monoisotopic (exact) mass is 433 g/mol. The van der Waals surface area contributed by atoms with E-state index in [9.17, 15) is 4.79 Å². The summed E-state index contributed by atoms with van der Waals surface area (Å²) in [5.41, 5.74) is 3.56. The molecule has 4 rings (SSSR count). The van der Waals surface area contributed by atoms with Crippen molar-refractivity contribution in [2.45, 2.75) is 26.2 Å². The van der Waals surface area contributed by atoms with Gasteiger partial charge in [-0.2, -0.15) is 0 Å². The number of amides is 1. The van der Waals surface area contributed by atoms with Crippen molar-refractivity contribution >= 4 is 51.6 Å². The van der Waals surface area contributed by atoms with E-state index in [2.05, 4.69) is 25.6 Å². The van der Waals surface area contributed by atoms with Gasteiger partial charge in [0, 0.05) is 24.2 Å². The van der Waals surface area contributed by atoms with Crippen LogP contribution in [0.1, 0.15) is 24.6 Å². The van der Waals surface area contributed by atoms with Gasteiger partial charge in [0.15, 0.2) is 0 Å². The Labute approximate surface area is 178 Å². The predicted molar refractivity (Wildman–Crippen MR) is 114 cm³/mol. The van der Waals surface area contributed by atoms with E-state index in [0.29, 0.717) is 40.3 Å². The van der Waals surface area contributed by atoms with Crippen molar-refractivity contribution < 1.29 is 9.53 Å². The maximum Gasteiger partial charge on any atom is 0.223 e. The van der Waals surface area contributed by atoms with Gasteiger partial charge in [0.1, 0.15) is 23.5 Å². The molecule has 0 fully saturated rings. The molecule has 0 bridgehead atoms. The number of benzene rings is 1. The fourth-order valence-electron chi connectivity index (χ4n) is 3.80. The van der Waals surface area contributed by atoms with Crippen LogP contribution in [-0.2, 0) is 17.6 Å². The number of methoxy groups -OCH3 is 1. The van der Waals surface area contributed by atoms with Crippen molar-refractivity contribution in [1.29, 1.82) is 0 Å². The Hall–Kier alpha value is -2.51. The number of hydrogen-bond donors (Lipinski definition) is 3. The average molecular weight is 434 g/mol. The van der Waals surface area contributed by atoms with Gasteiger partial charge < -0.3 is 20.4 Å². The summed E-state index contributed by atoms with van der Waals surface area (Å²) in [4.78, 5) is 24.6. The number of carbonyl (C=O) groups is 1. The van der Waals surface area contributed by atoms with Crippen LogP contribution < -0.4 is 15.4 Å².